The molecule has 1 aliphatic rings. The lowest BCUT2D eigenvalue weighted by molar-refractivity contribution is -0.117. The van der Waals surface area contributed by atoms with Crippen LogP contribution in [-0.2, 0) is 4.79 Å². The van der Waals surface area contributed by atoms with Gasteiger partial charge in [-0.05, 0) is 25.0 Å². The van der Waals surface area contributed by atoms with Gasteiger partial charge in [0.15, 0.2) is 5.78 Å². The first kappa shape index (κ1) is 12.6. The summed E-state index contributed by atoms with van der Waals surface area (Å²) in [6.07, 6.45) is 3.01. The van der Waals surface area contributed by atoms with Crippen molar-refractivity contribution in [2.75, 3.05) is 0 Å². The first-order valence-corrected chi connectivity index (χ1v) is 6.21. The van der Waals surface area contributed by atoms with Crippen LogP contribution in [0, 0.1) is 0 Å². The predicted octanol–water partition coefficient (Wildman–Crippen LogP) is 3.71. The summed E-state index contributed by atoms with van der Waals surface area (Å²) < 4.78 is 0. The van der Waals surface area contributed by atoms with E-state index in [0.29, 0.717) is 27.6 Å². The fraction of sp³-hybridized carbons (Fsp3) is 0.308. The largest absolute Gasteiger partial charge is 0.383 e. The van der Waals surface area contributed by atoms with Gasteiger partial charge in [-0.15, -0.1) is 0 Å². The van der Waals surface area contributed by atoms with E-state index in [4.69, 9.17) is 23.2 Å². The van der Waals surface area contributed by atoms with E-state index in [0.717, 1.165) is 12.8 Å². The number of carbonyl (C=O) groups excluding carboxylic acids is 1. The molecular weight excluding hydrogens is 259 g/mol. The van der Waals surface area contributed by atoms with Crippen LogP contribution in [-0.4, -0.2) is 10.9 Å². The predicted molar refractivity (Wildman–Crippen MR) is 68.4 cm³/mol. The summed E-state index contributed by atoms with van der Waals surface area (Å²) in [5, 5.41) is 11.1. The number of allylic oxidation sites excluding steroid dienone is 1. The summed E-state index contributed by atoms with van der Waals surface area (Å²) >= 11 is 11.8. The van der Waals surface area contributed by atoms with Crippen molar-refractivity contribution < 1.29 is 9.90 Å². The summed E-state index contributed by atoms with van der Waals surface area (Å²) in [7, 11) is 0. The van der Waals surface area contributed by atoms with Crippen molar-refractivity contribution in [1.82, 2.24) is 0 Å². The van der Waals surface area contributed by atoms with Crippen LogP contribution in [0.4, 0.5) is 0 Å². The third kappa shape index (κ3) is 2.71. The maximum absolute atomic E-state index is 11.7. The standard InChI is InChI=1S/C13H12Cl2O2/c14-8-5-6-9(11(15)7-8)13(17)10-3-1-2-4-12(10)16/h3,5-7,13,17H,1-2,4H2/t13-/m0/s1. The van der Waals surface area contributed by atoms with Gasteiger partial charge >= 0.3 is 0 Å². The number of rotatable bonds is 2. The molecule has 17 heavy (non-hydrogen) atoms. The molecule has 2 nitrogen and oxygen atoms in total. The van der Waals surface area contributed by atoms with E-state index in [-0.39, 0.29) is 5.78 Å². The van der Waals surface area contributed by atoms with Crippen LogP contribution in [0.2, 0.25) is 10.0 Å². The van der Waals surface area contributed by atoms with Gasteiger partial charge in [0.05, 0.1) is 0 Å². The van der Waals surface area contributed by atoms with Gasteiger partial charge in [-0.3, -0.25) is 4.79 Å². The average molecular weight is 271 g/mol. The molecule has 0 bridgehead atoms. The fourth-order valence-electron chi connectivity index (χ4n) is 1.93. The smallest absolute Gasteiger partial charge is 0.161 e. The number of ketones is 1. The summed E-state index contributed by atoms with van der Waals surface area (Å²) in [4.78, 5) is 11.7. The Kier molecular flexibility index (Phi) is 3.87. The van der Waals surface area contributed by atoms with Gasteiger partial charge in [-0.2, -0.15) is 0 Å². The Morgan fingerprint density at radius 2 is 2.06 bits per heavy atom. The molecular formula is C13H12Cl2O2. The lowest BCUT2D eigenvalue weighted by Gasteiger charge is -2.18. The van der Waals surface area contributed by atoms with E-state index in [1.165, 1.54) is 0 Å². The average Bonchev–Trinajstić information content (AvgIpc) is 2.29. The lowest BCUT2D eigenvalue weighted by Crippen LogP contribution is -2.14. The topological polar surface area (TPSA) is 37.3 Å². The number of Topliss-reactive ketones (excluding diaryl/α,β-unsaturated/α-hetero) is 1. The minimum absolute atomic E-state index is 0.00485. The van der Waals surface area contributed by atoms with E-state index >= 15 is 0 Å². The molecule has 0 spiro atoms. The SMILES string of the molecule is O=C1CCCC=C1[C@@H](O)c1ccc(Cl)cc1Cl. The molecule has 0 saturated heterocycles. The Morgan fingerprint density at radius 3 is 2.71 bits per heavy atom. The zero-order chi connectivity index (χ0) is 12.4. The minimum atomic E-state index is -0.951. The molecule has 0 heterocycles. The number of carbonyl (C=O) groups is 1. The second kappa shape index (κ2) is 5.21. The van der Waals surface area contributed by atoms with Crippen molar-refractivity contribution in [3.05, 3.63) is 45.5 Å². The highest BCUT2D eigenvalue weighted by molar-refractivity contribution is 6.35. The monoisotopic (exact) mass is 270 g/mol. The van der Waals surface area contributed by atoms with Crippen molar-refractivity contribution in [3.63, 3.8) is 0 Å². The van der Waals surface area contributed by atoms with E-state index in [2.05, 4.69) is 0 Å². The molecule has 0 aliphatic heterocycles. The van der Waals surface area contributed by atoms with E-state index in [1.54, 1.807) is 24.3 Å². The molecule has 1 aromatic rings. The highest BCUT2D eigenvalue weighted by Gasteiger charge is 2.23. The number of aliphatic hydroxyl groups is 1. The molecule has 0 saturated carbocycles. The maximum Gasteiger partial charge on any atom is 0.161 e. The highest BCUT2D eigenvalue weighted by atomic mass is 35.5. The van der Waals surface area contributed by atoms with Gasteiger partial charge in [0.1, 0.15) is 6.10 Å². The van der Waals surface area contributed by atoms with Gasteiger partial charge in [0, 0.05) is 27.6 Å². The van der Waals surface area contributed by atoms with E-state index in [9.17, 15) is 9.90 Å². The van der Waals surface area contributed by atoms with E-state index in [1.807, 2.05) is 0 Å². The maximum atomic E-state index is 11.7. The molecule has 0 radical (unpaired) electrons. The minimum Gasteiger partial charge on any atom is -0.383 e. The number of hydrogen-bond acceptors (Lipinski definition) is 2. The first-order chi connectivity index (χ1) is 8.09. The van der Waals surface area contributed by atoms with Crippen LogP contribution in [0.25, 0.3) is 0 Å². The number of benzene rings is 1. The molecule has 1 atom stereocenters. The molecule has 0 aromatic heterocycles. The van der Waals surface area contributed by atoms with Crippen molar-refractivity contribution in [3.8, 4) is 0 Å². The Morgan fingerprint density at radius 1 is 1.29 bits per heavy atom. The van der Waals surface area contributed by atoms with Crippen LogP contribution >= 0.6 is 23.2 Å². The third-order valence-corrected chi connectivity index (χ3v) is 3.41. The second-order valence-electron chi connectivity index (χ2n) is 4.04. The molecule has 1 N–H and O–H groups in total. The molecule has 0 amide bonds. The molecule has 1 aliphatic carbocycles. The summed E-state index contributed by atoms with van der Waals surface area (Å²) in [6, 6.07) is 4.87. The number of aliphatic hydroxyl groups excluding tert-OH is 1. The number of hydrogen-bond donors (Lipinski definition) is 1. The molecule has 0 unspecified atom stereocenters. The van der Waals surface area contributed by atoms with Crippen molar-refractivity contribution in [2.45, 2.75) is 25.4 Å². The molecule has 2 rings (SSSR count). The van der Waals surface area contributed by atoms with Crippen molar-refractivity contribution in [1.29, 1.82) is 0 Å². The Balaban J connectivity index is 2.33. The summed E-state index contributed by atoms with van der Waals surface area (Å²) in [6.45, 7) is 0. The molecule has 0 fully saturated rings. The quantitative estimate of drug-likeness (QED) is 0.890. The zero-order valence-electron chi connectivity index (χ0n) is 9.12. The van der Waals surface area contributed by atoms with Crippen LogP contribution in [0.15, 0.2) is 29.8 Å². The highest BCUT2D eigenvalue weighted by Crippen LogP contribution is 2.33. The van der Waals surface area contributed by atoms with Crippen LogP contribution in [0.1, 0.15) is 30.9 Å². The fourth-order valence-corrected chi connectivity index (χ4v) is 2.45. The first-order valence-electron chi connectivity index (χ1n) is 5.46. The van der Waals surface area contributed by atoms with Gasteiger partial charge in [-0.25, -0.2) is 0 Å². The Hall–Kier alpha value is -0.830. The van der Waals surface area contributed by atoms with Crippen LogP contribution in [0.3, 0.4) is 0 Å². The third-order valence-electron chi connectivity index (χ3n) is 2.85. The van der Waals surface area contributed by atoms with Crippen LogP contribution < -0.4 is 0 Å². The zero-order valence-corrected chi connectivity index (χ0v) is 10.6. The second-order valence-corrected chi connectivity index (χ2v) is 4.89. The Labute approximate surface area is 110 Å². The number of halogens is 2. The van der Waals surface area contributed by atoms with Crippen molar-refractivity contribution >= 4 is 29.0 Å². The molecule has 1 aromatic carbocycles. The molecule has 4 heteroatoms. The van der Waals surface area contributed by atoms with Crippen LogP contribution in [0.5, 0.6) is 0 Å². The Bertz CT molecular complexity index is 480. The van der Waals surface area contributed by atoms with Crippen molar-refractivity contribution in [2.24, 2.45) is 0 Å². The summed E-state index contributed by atoms with van der Waals surface area (Å²) in [5.74, 6) is -0.00485. The van der Waals surface area contributed by atoms with Gasteiger partial charge in [0.25, 0.3) is 0 Å². The van der Waals surface area contributed by atoms with Gasteiger partial charge in [0.2, 0.25) is 0 Å². The molecule has 90 valence electrons. The van der Waals surface area contributed by atoms with E-state index < -0.39 is 6.10 Å². The van der Waals surface area contributed by atoms with Gasteiger partial charge < -0.3 is 5.11 Å². The summed E-state index contributed by atoms with van der Waals surface area (Å²) in [5.41, 5.74) is 0.970. The lowest BCUT2D eigenvalue weighted by atomic mass is 9.91. The normalized spacial score (nSPS) is 17.8. The van der Waals surface area contributed by atoms with Gasteiger partial charge in [-0.1, -0.05) is 35.3 Å².